The molecule has 0 fully saturated rings. The van der Waals surface area contributed by atoms with E-state index in [0.717, 1.165) is 14.5 Å². The number of halogens is 2. The molecule has 0 radical (unpaired) electrons. The van der Waals surface area contributed by atoms with Crippen LogP contribution in [0.1, 0.15) is 5.56 Å². The van der Waals surface area contributed by atoms with Crippen molar-refractivity contribution in [2.24, 2.45) is 0 Å². The molecule has 2 rings (SSSR count). The summed E-state index contributed by atoms with van der Waals surface area (Å²) >= 11 is 6.61. The van der Waals surface area contributed by atoms with Crippen LogP contribution in [-0.4, -0.2) is 8.42 Å². The van der Waals surface area contributed by atoms with Crippen LogP contribution in [0.15, 0.2) is 56.3 Å². The number of anilines is 1. The van der Waals surface area contributed by atoms with Gasteiger partial charge in [-0.05, 0) is 48.9 Å². The second-order valence-corrected chi connectivity index (χ2v) is 7.59. The summed E-state index contributed by atoms with van der Waals surface area (Å²) in [5, 5.41) is 0. The molecule has 100 valence electrons. The van der Waals surface area contributed by atoms with Crippen molar-refractivity contribution in [3.8, 4) is 0 Å². The van der Waals surface area contributed by atoms with Gasteiger partial charge in [-0.3, -0.25) is 4.72 Å². The molecule has 0 amide bonds. The standard InChI is InChI=1S/C13H11Br2NO2S/c1-9-5-11(15)7-12(6-9)16-19(17,18)13-4-2-3-10(14)8-13/h2-8,16H,1H3. The fraction of sp³-hybridized carbons (Fsp3) is 0.0769. The minimum Gasteiger partial charge on any atom is -0.280 e. The van der Waals surface area contributed by atoms with Crippen LogP contribution in [-0.2, 0) is 10.0 Å². The van der Waals surface area contributed by atoms with E-state index in [4.69, 9.17) is 0 Å². The molecule has 2 aromatic rings. The van der Waals surface area contributed by atoms with Crippen molar-refractivity contribution in [1.29, 1.82) is 0 Å². The van der Waals surface area contributed by atoms with Crippen molar-refractivity contribution in [3.63, 3.8) is 0 Å². The maximum Gasteiger partial charge on any atom is 0.261 e. The highest BCUT2D eigenvalue weighted by molar-refractivity contribution is 9.10. The largest absolute Gasteiger partial charge is 0.280 e. The van der Waals surface area contributed by atoms with Crippen molar-refractivity contribution in [2.75, 3.05) is 4.72 Å². The molecule has 0 saturated heterocycles. The van der Waals surface area contributed by atoms with Gasteiger partial charge in [-0.2, -0.15) is 0 Å². The average molecular weight is 405 g/mol. The number of hydrogen-bond donors (Lipinski definition) is 1. The number of sulfonamides is 1. The van der Waals surface area contributed by atoms with Crippen molar-refractivity contribution >= 4 is 47.6 Å². The maximum absolute atomic E-state index is 12.2. The van der Waals surface area contributed by atoms with Gasteiger partial charge in [-0.15, -0.1) is 0 Å². The van der Waals surface area contributed by atoms with Crippen molar-refractivity contribution in [2.45, 2.75) is 11.8 Å². The average Bonchev–Trinajstić information content (AvgIpc) is 2.26. The van der Waals surface area contributed by atoms with Crippen LogP contribution in [0.5, 0.6) is 0 Å². The second-order valence-electron chi connectivity index (χ2n) is 4.08. The van der Waals surface area contributed by atoms with Gasteiger partial charge >= 0.3 is 0 Å². The lowest BCUT2D eigenvalue weighted by molar-refractivity contribution is 0.601. The smallest absolute Gasteiger partial charge is 0.261 e. The first-order valence-electron chi connectivity index (χ1n) is 5.42. The van der Waals surface area contributed by atoms with Gasteiger partial charge in [0.15, 0.2) is 0 Å². The summed E-state index contributed by atoms with van der Waals surface area (Å²) in [6, 6.07) is 12.0. The lowest BCUT2D eigenvalue weighted by atomic mass is 10.2. The number of aryl methyl sites for hydroxylation is 1. The van der Waals surface area contributed by atoms with E-state index in [1.165, 1.54) is 0 Å². The highest BCUT2D eigenvalue weighted by Gasteiger charge is 2.14. The van der Waals surface area contributed by atoms with Crippen LogP contribution in [0, 0.1) is 6.92 Å². The fourth-order valence-corrected chi connectivity index (χ4v) is 3.89. The van der Waals surface area contributed by atoms with E-state index in [2.05, 4.69) is 36.6 Å². The van der Waals surface area contributed by atoms with Crippen LogP contribution in [0.3, 0.4) is 0 Å². The third-order valence-corrected chi connectivity index (χ3v) is 4.73. The predicted molar refractivity (Wildman–Crippen MR) is 83.8 cm³/mol. The molecule has 0 heterocycles. The third kappa shape index (κ3) is 3.81. The molecule has 3 nitrogen and oxygen atoms in total. The molecule has 0 aromatic heterocycles. The summed E-state index contributed by atoms with van der Waals surface area (Å²) in [6.45, 7) is 1.90. The zero-order valence-electron chi connectivity index (χ0n) is 10.0. The SMILES string of the molecule is Cc1cc(Br)cc(NS(=O)(=O)c2cccc(Br)c2)c1. The van der Waals surface area contributed by atoms with E-state index in [0.29, 0.717) is 5.69 Å². The minimum atomic E-state index is -3.57. The molecule has 0 bridgehead atoms. The van der Waals surface area contributed by atoms with E-state index in [1.54, 1.807) is 36.4 Å². The Morgan fingerprint density at radius 1 is 1.00 bits per heavy atom. The van der Waals surface area contributed by atoms with Crippen LogP contribution in [0.4, 0.5) is 5.69 Å². The Labute approximate surface area is 129 Å². The molecule has 0 aliphatic heterocycles. The molecule has 1 N–H and O–H groups in total. The first-order valence-corrected chi connectivity index (χ1v) is 8.49. The fourth-order valence-electron chi connectivity index (χ4n) is 1.64. The summed E-state index contributed by atoms with van der Waals surface area (Å²) in [6.07, 6.45) is 0. The predicted octanol–water partition coefficient (Wildman–Crippen LogP) is 4.32. The monoisotopic (exact) mass is 403 g/mol. The van der Waals surface area contributed by atoms with E-state index in [9.17, 15) is 8.42 Å². The summed E-state index contributed by atoms with van der Waals surface area (Å²) in [4.78, 5) is 0.222. The zero-order chi connectivity index (χ0) is 14.0. The normalized spacial score (nSPS) is 11.3. The molecule has 0 spiro atoms. The summed E-state index contributed by atoms with van der Waals surface area (Å²) in [5.74, 6) is 0. The lowest BCUT2D eigenvalue weighted by Gasteiger charge is -2.09. The minimum absolute atomic E-state index is 0.222. The van der Waals surface area contributed by atoms with Crippen LogP contribution >= 0.6 is 31.9 Å². The first-order chi connectivity index (χ1) is 8.87. The summed E-state index contributed by atoms with van der Waals surface area (Å²) in [5.41, 5.74) is 1.51. The molecular formula is C13H11Br2NO2S. The highest BCUT2D eigenvalue weighted by atomic mass is 79.9. The van der Waals surface area contributed by atoms with Gasteiger partial charge in [-0.1, -0.05) is 37.9 Å². The van der Waals surface area contributed by atoms with E-state index in [1.807, 2.05) is 13.0 Å². The van der Waals surface area contributed by atoms with E-state index < -0.39 is 10.0 Å². The molecule has 2 aromatic carbocycles. The maximum atomic E-state index is 12.2. The quantitative estimate of drug-likeness (QED) is 0.827. The summed E-state index contributed by atoms with van der Waals surface area (Å²) in [7, 11) is -3.57. The van der Waals surface area contributed by atoms with Crippen LogP contribution < -0.4 is 4.72 Å². The Morgan fingerprint density at radius 2 is 1.74 bits per heavy atom. The van der Waals surface area contributed by atoms with Gasteiger partial charge in [0.1, 0.15) is 0 Å². The molecule has 6 heteroatoms. The number of nitrogens with one attached hydrogen (secondary N) is 1. The van der Waals surface area contributed by atoms with Crippen molar-refractivity contribution < 1.29 is 8.42 Å². The van der Waals surface area contributed by atoms with E-state index >= 15 is 0 Å². The Bertz CT molecular complexity index is 694. The van der Waals surface area contributed by atoms with Gasteiger partial charge in [0.2, 0.25) is 0 Å². The molecule has 0 atom stereocenters. The first kappa shape index (κ1) is 14.6. The molecule has 19 heavy (non-hydrogen) atoms. The lowest BCUT2D eigenvalue weighted by Crippen LogP contribution is -2.13. The Morgan fingerprint density at radius 3 is 2.37 bits per heavy atom. The second kappa shape index (κ2) is 5.64. The van der Waals surface area contributed by atoms with Gasteiger partial charge in [-0.25, -0.2) is 8.42 Å². The van der Waals surface area contributed by atoms with Gasteiger partial charge in [0, 0.05) is 8.95 Å². The Balaban J connectivity index is 2.36. The Kier molecular flexibility index (Phi) is 4.32. The number of benzene rings is 2. The topological polar surface area (TPSA) is 46.2 Å². The third-order valence-electron chi connectivity index (χ3n) is 2.40. The van der Waals surface area contributed by atoms with Crippen LogP contribution in [0.2, 0.25) is 0 Å². The molecule has 0 saturated carbocycles. The van der Waals surface area contributed by atoms with Gasteiger partial charge in [0.25, 0.3) is 10.0 Å². The Hall–Kier alpha value is -0.850. The van der Waals surface area contributed by atoms with Crippen LogP contribution in [0.25, 0.3) is 0 Å². The summed E-state index contributed by atoms with van der Waals surface area (Å²) < 4.78 is 28.6. The van der Waals surface area contributed by atoms with Gasteiger partial charge in [0.05, 0.1) is 10.6 Å². The zero-order valence-corrected chi connectivity index (χ0v) is 14.0. The number of rotatable bonds is 3. The molecule has 0 aliphatic rings. The highest BCUT2D eigenvalue weighted by Crippen LogP contribution is 2.23. The van der Waals surface area contributed by atoms with Crippen molar-refractivity contribution in [3.05, 3.63) is 57.0 Å². The van der Waals surface area contributed by atoms with E-state index in [-0.39, 0.29) is 4.90 Å². The molecule has 0 aliphatic carbocycles. The molecule has 0 unspecified atom stereocenters. The van der Waals surface area contributed by atoms with Crippen molar-refractivity contribution in [1.82, 2.24) is 0 Å². The van der Waals surface area contributed by atoms with Gasteiger partial charge < -0.3 is 0 Å². The molecular weight excluding hydrogens is 394 g/mol. The number of hydrogen-bond acceptors (Lipinski definition) is 2.